The van der Waals surface area contributed by atoms with Crippen LogP contribution in [0.25, 0.3) is 10.2 Å². The number of anilines is 4. The Balaban J connectivity index is 1.48. The molecule has 3 aromatic carbocycles. The zero-order chi connectivity index (χ0) is 20.2. The second-order valence-electron chi connectivity index (χ2n) is 6.30. The summed E-state index contributed by atoms with van der Waals surface area (Å²) in [5, 5.41) is 7.07. The van der Waals surface area contributed by atoms with Crippen molar-refractivity contribution in [1.29, 1.82) is 0 Å². The Labute approximate surface area is 181 Å². The van der Waals surface area contributed by atoms with E-state index in [1.54, 1.807) is 11.3 Å². The molecule has 0 saturated heterocycles. The molecule has 0 fully saturated rings. The molecule has 0 bridgehead atoms. The first-order valence-corrected chi connectivity index (χ1v) is 10.9. The highest BCUT2D eigenvalue weighted by Gasteiger charge is 2.12. The number of thiazole rings is 1. The molecule has 0 unspecified atom stereocenters. The molecule has 146 valence electrons. The number of hydrogen-bond donors (Lipinski definition) is 2. The van der Waals surface area contributed by atoms with Gasteiger partial charge in [-0.25, -0.2) is 4.98 Å². The predicted octanol–water partition coefficient (Wildman–Crippen LogP) is 6.12. The van der Waals surface area contributed by atoms with E-state index in [1.807, 2.05) is 78.9 Å². The predicted molar refractivity (Wildman–Crippen MR) is 123 cm³/mol. The van der Waals surface area contributed by atoms with E-state index < -0.39 is 0 Å². The van der Waals surface area contributed by atoms with E-state index in [0.29, 0.717) is 17.1 Å². The monoisotopic (exact) mass is 428 g/mol. The van der Waals surface area contributed by atoms with Crippen LogP contribution in [-0.4, -0.2) is 19.9 Å². The van der Waals surface area contributed by atoms with Crippen molar-refractivity contribution in [1.82, 2.24) is 19.9 Å². The fourth-order valence-electron chi connectivity index (χ4n) is 2.79. The van der Waals surface area contributed by atoms with Gasteiger partial charge in [0.05, 0.1) is 10.2 Å². The van der Waals surface area contributed by atoms with E-state index >= 15 is 0 Å². The van der Waals surface area contributed by atoms with Gasteiger partial charge in [0.2, 0.25) is 17.1 Å². The topological polar surface area (TPSA) is 75.6 Å². The van der Waals surface area contributed by atoms with Gasteiger partial charge in [-0.3, -0.25) is 0 Å². The molecule has 0 aliphatic rings. The lowest BCUT2D eigenvalue weighted by atomic mass is 10.3. The van der Waals surface area contributed by atoms with Gasteiger partial charge in [-0.1, -0.05) is 48.5 Å². The molecule has 2 N–H and O–H groups in total. The molecule has 0 spiro atoms. The zero-order valence-electron chi connectivity index (χ0n) is 15.7. The molecule has 2 aromatic heterocycles. The van der Waals surface area contributed by atoms with Crippen molar-refractivity contribution in [3.8, 4) is 0 Å². The van der Waals surface area contributed by atoms with Crippen molar-refractivity contribution >= 4 is 56.6 Å². The van der Waals surface area contributed by atoms with E-state index in [9.17, 15) is 0 Å². The summed E-state index contributed by atoms with van der Waals surface area (Å²) in [5.74, 6) is 0.941. The highest BCUT2D eigenvalue weighted by Crippen LogP contribution is 2.33. The van der Waals surface area contributed by atoms with Gasteiger partial charge in [-0.15, -0.1) is 11.3 Å². The van der Waals surface area contributed by atoms with Gasteiger partial charge in [0.25, 0.3) is 0 Å². The minimum Gasteiger partial charge on any atom is -0.324 e. The summed E-state index contributed by atoms with van der Waals surface area (Å²) in [6.07, 6.45) is 0. The number of fused-ring (bicyclic) bond motifs is 1. The van der Waals surface area contributed by atoms with Crippen molar-refractivity contribution in [2.24, 2.45) is 0 Å². The lowest BCUT2D eigenvalue weighted by Gasteiger charge is -2.09. The summed E-state index contributed by atoms with van der Waals surface area (Å²) in [5.41, 5.74) is 2.79. The minimum atomic E-state index is 0.471. The van der Waals surface area contributed by atoms with Crippen LogP contribution in [0.15, 0.2) is 94.4 Å². The van der Waals surface area contributed by atoms with E-state index in [-0.39, 0.29) is 0 Å². The molecule has 5 rings (SSSR count). The molecule has 6 nitrogen and oxygen atoms in total. The van der Waals surface area contributed by atoms with Crippen LogP contribution in [0.2, 0.25) is 0 Å². The van der Waals surface area contributed by atoms with E-state index in [0.717, 1.165) is 25.9 Å². The van der Waals surface area contributed by atoms with Crippen LogP contribution in [0, 0.1) is 0 Å². The van der Waals surface area contributed by atoms with Gasteiger partial charge >= 0.3 is 0 Å². The fourth-order valence-corrected chi connectivity index (χ4v) is 4.71. The highest BCUT2D eigenvalue weighted by atomic mass is 32.2. The number of hydrogen-bond acceptors (Lipinski definition) is 8. The maximum absolute atomic E-state index is 4.68. The molecular formula is C22H16N6S2. The Morgan fingerprint density at radius 1 is 0.600 bits per heavy atom. The number of nitrogens with one attached hydrogen (secondary N) is 2. The Morgan fingerprint density at radius 2 is 1.17 bits per heavy atom. The third kappa shape index (κ3) is 4.40. The fraction of sp³-hybridized carbons (Fsp3) is 0. The molecule has 0 aliphatic heterocycles. The molecule has 2 heterocycles. The first kappa shape index (κ1) is 18.5. The Bertz CT molecular complexity index is 1180. The third-order valence-electron chi connectivity index (χ3n) is 4.13. The Morgan fingerprint density at radius 3 is 1.77 bits per heavy atom. The number of nitrogens with zero attached hydrogens (tertiary/aromatic N) is 4. The lowest BCUT2D eigenvalue weighted by molar-refractivity contribution is 0.919. The summed E-state index contributed by atoms with van der Waals surface area (Å²) in [6.45, 7) is 0. The maximum Gasteiger partial charge on any atom is 0.233 e. The first-order chi connectivity index (χ1) is 14.8. The number of benzene rings is 3. The van der Waals surface area contributed by atoms with Gasteiger partial charge < -0.3 is 10.6 Å². The van der Waals surface area contributed by atoms with Crippen LogP contribution in [0.5, 0.6) is 0 Å². The smallest absolute Gasteiger partial charge is 0.233 e. The van der Waals surface area contributed by atoms with Gasteiger partial charge in [-0.2, -0.15) is 15.0 Å². The maximum atomic E-state index is 4.68. The number of para-hydroxylation sites is 3. The summed E-state index contributed by atoms with van der Waals surface area (Å²) in [7, 11) is 0. The second-order valence-corrected chi connectivity index (χ2v) is 8.54. The molecule has 5 aromatic rings. The Kier molecular flexibility index (Phi) is 5.24. The number of aromatic nitrogens is 4. The standard InChI is InChI=1S/C22H16N6S2/c1-3-9-15(10-4-1)23-19-26-20(24-16-11-5-2-6-12-16)28-21(27-19)30-22-25-17-13-7-8-14-18(17)29-22/h1-14H,(H2,23,24,26,27,28). The molecule has 0 radical (unpaired) electrons. The van der Waals surface area contributed by atoms with Crippen molar-refractivity contribution in [3.05, 3.63) is 84.9 Å². The average Bonchev–Trinajstić information content (AvgIpc) is 3.17. The van der Waals surface area contributed by atoms with Crippen molar-refractivity contribution in [3.63, 3.8) is 0 Å². The molecular weight excluding hydrogens is 412 g/mol. The third-order valence-corrected chi connectivity index (χ3v) is 6.09. The molecule has 0 saturated carbocycles. The summed E-state index contributed by atoms with van der Waals surface area (Å²) >= 11 is 3.05. The van der Waals surface area contributed by atoms with Crippen LogP contribution in [0.4, 0.5) is 23.3 Å². The molecule has 8 heteroatoms. The van der Waals surface area contributed by atoms with Crippen molar-refractivity contribution in [2.75, 3.05) is 10.6 Å². The largest absolute Gasteiger partial charge is 0.324 e. The van der Waals surface area contributed by atoms with Crippen LogP contribution in [0.3, 0.4) is 0 Å². The molecule has 0 aliphatic carbocycles. The summed E-state index contributed by atoms with van der Waals surface area (Å²) < 4.78 is 2.03. The molecule has 30 heavy (non-hydrogen) atoms. The quantitative estimate of drug-likeness (QED) is 0.337. The summed E-state index contributed by atoms with van der Waals surface area (Å²) in [4.78, 5) is 18.4. The second kappa shape index (κ2) is 8.48. The summed E-state index contributed by atoms with van der Waals surface area (Å²) in [6, 6.07) is 27.7. The highest BCUT2D eigenvalue weighted by molar-refractivity contribution is 8.01. The first-order valence-electron chi connectivity index (χ1n) is 9.25. The average molecular weight is 429 g/mol. The van der Waals surface area contributed by atoms with Crippen LogP contribution in [-0.2, 0) is 0 Å². The Hall–Kier alpha value is -3.49. The van der Waals surface area contributed by atoms with Crippen molar-refractivity contribution in [2.45, 2.75) is 9.50 Å². The lowest BCUT2D eigenvalue weighted by Crippen LogP contribution is -2.05. The zero-order valence-corrected chi connectivity index (χ0v) is 17.3. The normalized spacial score (nSPS) is 10.8. The number of rotatable bonds is 6. The van der Waals surface area contributed by atoms with E-state index in [4.69, 9.17) is 0 Å². The van der Waals surface area contributed by atoms with Gasteiger partial charge in [-0.05, 0) is 48.2 Å². The van der Waals surface area contributed by atoms with Crippen LogP contribution in [0.1, 0.15) is 0 Å². The van der Waals surface area contributed by atoms with E-state index in [2.05, 4.69) is 36.6 Å². The molecule has 0 atom stereocenters. The molecule has 0 amide bonds. The SMILES string of the molecule is c1ccc(Nc2nc(Nc3ccccc3)nc(Sc3nc4ccccc4s3)n2)cc1. The van der Waals surface area contributed by atoms with E-state index in [1.165, 1.54) is 11.8 Å². The van der Waals surface area contributed by atoms with Crippen molar-refractivity contribution < 1.29 is 0 Å². The van der Waals surface area contributed by atoms with Crippen LogP contribution < -0.4 is 10.6 Å². The van der Waals surface area contributed by atoms with Gasteiger partial charge in [0.15, 0.2) is 4.34 Å². The van der Waals surface area contributed by atoms with Gasteiger partial charge in [0, 0.05) is 11.4 Å². The van der Waals surface area contributed by atoms with Gasteiger partial charge in [0.1, 0.15) is 0 Å². The minimum absolute atomic E-state index is 0.471. The van der Waals surface area contributed by atoms with Crippen LogP contribution >= 0.6 is 23.1 Å².